The quantitative estimate of drug-likeness (QED) is 0.581. The Morgan fingerprint density at radius 1 is 1.15 bits per heavy atom. The molecule has 2 heterocycles. The fraction of sp³-hybridized carbons (Fsp3) is 0.417. The third-order valence-corrected chi connectivity index (χ3v) is 9.59. The molecule has 1 amide bonds. The van der Waals surface area contributed by atoms with Gasteiger partial charge in [-0.2, -0.15) is 4.99 Å². The van der Waals surface area contributed by atoms with Crippen LogP contribution in [0.1, 0.15) is 25.0 Å². The highest BCUT2D eigenvalue weighted by Gasteiger charge is 2.49. The highest BCUT2D eigenvalue weighted by molar-refractivity contribution is 8.16. The summed E-state index contributed by atoms with van der Waals surface area (Å²) in [5.74, 6) is -0.0726. The molecule has 0 aromatic heterocycles. The van der Waals surface area contributed by atoms with E-state index >= 15 is 0 Å². The number of rotatable bonds is 6. The van der Waals surface area contributed by atoms with Crippen molar-refractivity contribution in [2.45, 2.75) is 38.5 Å². The zero-order valence-corrected chi connectivity index (χ0v) is 21.4. The van der Waals surface area contributed by atoms with E-state index in [4.69, 9.17) is 11.6 Å². The molecule has 6 nitrogen and oxygen atoms in total. The van der Waals surface area contributed by atoms with Crippen LogP contribution in [-0.4, -0.2) is 55.4 Å². The van der Waals surface area contributed by atoms with Gasteiger partial charge in [-0.15, -0.1) is 0 Å². The summed E-state index contributed by atoms with van der Waals surface area (Å²) in [6.45, 7) is 8.08. The third-order valence-electron chi connectivity index (χ3n) is 6.12. The molecule has 2 aliphatic heterocycles. The van der Waals surface area contributed by atoms with Crippen molar-refractivity contribution in [3.63, 3.8) is 0 Å². The van der Waals surface area contributed by atoms with E-state index in [2.05, 4.69) is 35.9 Å². The lowest BCUT2D eigenvalue weighted by atomic mass is 10.1. The minimum atomic E-state index is -3.12. The number of thioether (sulfide) groups is 1. The van der Waals surface area contributed by atoms with Gasteiger partial charge in [0.05, 0.1) is 24.0 Å². The molecule has 0 saturated carbocycles. The largest absolute Gasteiger partial charge is 0.372 e. The molecular weight excluding hydrogens is 478 g/mol. The van der Waals surface area contributed by atoms with Crippen LogP contribution >= 0.6 is 23.4 Å². The van der Waals surface area contributed by atoms with Crippen LogP contribution in [-0.2, 0) is 21.1 Å². The number of hydrogen-bond donors (Lipinski definition) is 0. The van der Waals surface area contributed by atoms with Gasteiger partial charge in [0.2, 0.25) is 0 Å². The number of amides is 1. The Labute approximate surface area is 204 Å². The summed E-state index contributed by atoms with van der Waals surface area (Å²) in [6, 6.07) is 13.1. The molecule has 0 aliphatic carbocycles. The average Bonchev–Trinajstić information content (AvgIpc) is 3.22. The Balaban J connectivity index is 1.66. The van der Waals surface area contributed by atoms with E-state index in [0.29, 0.717) is 10.2 Å². The maximum atomic E-state index is 12.8. The molecule has 0 unspecified atom stereocenters. The Morgan fingerprint density at radius 3 is 2.48 bits per heavy atom. The number of fused-ring (bicyclic) bond motifs is 1. The van der Waals surface area contributed by atoms with E-state index in [1.54, 1.807) is 12.1 Å². The van der Waals surface area contributed by atoms with Crippen LogP contribution in [0.25, 0.3) is 0 Å². The minimum Gasteiger partial charge on any atom is -0.372 e. The van der Waals surface area contributed by atoms with Crippen molar-refractivity contribution >= 4 is 55.6 Å². The molecule has 33 heavy (non-hydrogen) atoms. The first-order valence-corrected chi connectivity index (χ1v) is 14.2. The summed E-state index contributed by atoms with van der Waals surface area (Å²) in [7, 11) is -3.12. The van der Waals surface area contributed by atoms with Crippen LogP contribution in [0.3, 0.4) is 0 Å². The lowest BCUT2D eigenvalue weighted by Gasteiger charge is -2.28. The second-order valence-electron chi connectivity index (χ2n) is 8.40. The van der Waals surface area contributed by atoms with Crippen LogP contribution in [0.4, 0.5) is 11.4 Å². The Hall–Kier alpha value is -2.03. The molecule has 0 radical (unpaired) electrons. The van der Waals surface area contributed by atoms with Crippen molar-refractivity contribution in [3.05, 3.63) is 58.6 Å². The monoisotopic (exact) mass is 505 g/mol. The molecule has 2 fully saturated rings. The van der Waals surface area contributed by atoms with Crippen molar-refractivity contribution in [1.82, 2.24) is 0 Å². The van der Waals surface area contributed by atoms with Crippen molar-refractivity contribution in [2.24, 2.45) is 4.99 Å². The highest BCUT2D eigenvalue weighted by atomic mass is 35.5. The number of halogens is 1. The van der Waals surface area contributed by atoms with E-state index in [0.717, 1.165) is 35.6 Å². The molecule has 2 aliphatic rings. The Kier molecular flexibility index (Phi) is 7.07. The van der Waals surface area contributed by atoms with Gasteiger partial charge in [-0.3, -0.25) is 4.79 Å². The van der Waals surface area contributed by atoms with E-state index in [1.165, 1.54) is 11.8 Å². The van der Waals surface area contributed by atoms with Gasteiger partial charge >= 0.3 is 0 Å². The summed E-state index contributed by atoms with van der Waals surface area (Å²) < 4.78 is 24.7. The van der Waals surface area contributed by atoms with E-state index in [9.17, 15) is 13.2 Å². The molecule has 9 heteroatoms. The normalized spacial score (nSPS) is 22.5. The molecule has 2 atom stereocenters. The van der Waals surface area contributed by atoms with Gasteiger partial charge in [0, 0.05) is 34.7 Å². The summed E-state index contributed by atoms with van der Waals surface area (Å²) in [4.78, 5) is 21.5. The average molecular weight is 506 g/mol. The van der Waals surface area contributed by atoms with Crippen LogP contribution in [0.5, 0.6) is 0 Å². The van der Waals surface area contributed by atoms with Gasteiger partial charge in [0.25, 0.3) is 5.91 Å². The maximum absolute atomic E-state index is 12.8. The second-order valence-corrected chi connectivity index (χ2v) is 12.2. The van der Waals surface area contributed by atoms with Gasteiger partial charge in [-0.05, 0) is 62.2 Å². The Morgan fingerprint density at radius 2 is 1.85 bits per heavy atom. The van der Waals surface area contributed by atoms with E-state index < -0.39 is 9.84 Å². The molecule has 2 aromatic carbocycles. The molecule has 176 valence electrons. The van der Waals surface area contributed by atoms with Crippen LogP contribution in [0, 0.1) is 6.92 Å². The highest BCUT2D eigenvalue weighted by Crippen LogP contribution is 2.42. The number of sulfone groups is 1. The van der Waals surface area contributed by atoms with Gasteiger partial charge in [0.15, 0.2) is 15.0 Å². The summed E-state index contributed by atoms with van der Waals surface area (Å²) in [5.41, 5.74) is 3.90. The van der Waals surface area contributed by atoms with Gasteiger partial charge in [-0.25, -0.2) is 8.42 Å². The lowest BCUT2D eigenvalue weighted by molar-refractivity contribution is -0.117. The summed E-state index contributed by atoms with van der Waals surface area (Å²) in [5, 5.41) is 1.07. The first-order valence-electron chi connectivity index (χ1n) is 11.1. The van der Waals surface area contributed by atoms with E-state index in [1.807, 2.05) is 30.0 Å². The SMILES string of the molecule is CCN(CC)c1ccc(N2C(=NC(=O)Cc3ccc(Cl)cc3)S[C@@H]3CS(=O)(=O)C[C@H]32)c(C)c1. The number of anilines is 2. The Bertz CT molecular complexity index is 1180. The first kappa shape index (κ1) is 24.1. The van der Waals surface area contributed by atoms with E-state index in [-0.39, 0.29) is 35.1 Å². The predicted molar refractivity (Wildman–Crippen MR) is 139 cm³/mol. The first-order chi connectivity index (χ1) is 15.7. The third kappa shape index (κ3) is 5.23. The minimum absolute atomic E-state index is 0.0757. The van der Waals surface area contributed by atoms with Gasteiger partial charge in [-0.1, -0.05) is 35.5 Å². The van der Waals surface area contributed by atoms with Crippen molar-refractivity contribution in [2.75, 3.05) is 34.4 Å². The number of aryl methyl sites for hydroxylation is 1. The molecule has 0 N–H and O–H groups in total. The smallest absolute Gasteiger partial charge is 0.252 e. The summed E-state index contributed by atoms with van der Waals surface area (Å²) >= 11 is 7.34. The zero-order valence-electron chi connectivity index (χ0n) is 19.0. The van der Waals surface area contributed by atoms with Crippen LogP contribution in [0.2, 0.25) is 5.02 Å². The molecule has 4 rings (SSSR count). The number of benzene rings is 2. The lowest BCUT2D eigenvalue weighted by Crippen LogP contribution is -2.38. The van der Waals surface area contributed by atoms with Crippen molar-refractivity contribution in [3.8, 4) is 0 Å². The van der Waals surface area contributed by atoms with Gasteiger partial charge < -0.3 is 9.80 Å². The fourth-order valence-electron chi connectivity index (χ4n) is 4.46. The number of carbonyl (C=O) groups excluding carboxylic acids is 1. The molecule has 2 saturated heterocycles. The zero-order chi connectivity index (χ0) is 23.8. The molecular formula is C24H28ClN3O3S2. The molecule has 0 bridgehead atoms. The summed E-state index contributed by atoms with van der Waals surface area (Å²) in [6.07, 6.45) is 0.169. The number of aliphatic imine (C=N–C) groups is 1. The fourth-order valence-corrected chi connectivity index (χ4v) is 8.51. The molecule has 2 aromatic rings. The number of hydrogen-bond acceptors (Lipinski definition) is 5. The number of amidine groups is 1. The van der Waals surface area contributed by atoms with Crippen LogP contribution < -0.4 is 9.80 Å². The standard InChI is InChI=1S/C24H28ClN3O3S2/c1-4-27(5-2)19-10-11-20(16(3)12-19)28-21-14-33(30,31)15-22(21)32-24(28)26-23(29)13-17-6-8-18(25)9-7-17/h6-12,21-22H,4-5,13-15H2,1-3H3/t21-,22-/m1/s1. The predicted octanol–water partition coefficient (Wildman–Crippen LogP) is 4.34. The van der Waals surface area contributed by atoms with Crippen molar-refractivity contribution < 1.29 is 13.2 Å². The second kappa shape index (κ2) is 9.68. The molecule has 0 spiro atoms. The van der Waals surface area contributed by atoms with Crippen molar-refractivity contribution in [1.29, 1.82) is 0 Å². The van der Waals surface area contributed by atoms with Gasteiger partial charge in [0.1, 0.15) is 0 Å². The topological polar surface area (TPSA) is 70.0 Å². The number of nitrogens with zero attached hydrogens (tertiary/aromatic N) is 3. The maximum Gasteiger partial charge on any atom is 0.252 e. The number of carbonyl (C=O) groups is 1. The van der Waals surface area contributed by atoms with Crippen LogP contribution in [0.15, 0.2) is 47.5 Å².